The molecule has 0 aliphatic rings. The van der Waals surface area contributed by atoms with Crippen molar-refractivity contribution in [2.24, 2.45) is 4.99 Å². The third kappa shape index (κ3) is 6.09. The normalized spacial score (nSPS) is 13.5. The Bertz CT molecular complexity index is 646. The summed E-state index contributed by atoms with van der Waals surface area (Å²) in [5.41, 5.74) is 1.15. The van der Waals surface area contributed by atoms with Crippen LogP contribution in [0.5, 0.6) is 0 Å². The number of nitrogens with one attached hydrogen (secondary N) is 2. The minimum absolute atomic E-state index is 0.330. The molecule has 2 heterocycles. The van der Waals surface area contributed by atoms with Crippen molar-refractivity contribution in [1.29, 1.82) is 0 Å². The van der Waals surface area contributed by atoms with Gasteiger partial charge in [0, 0.05) is 23.3 Å². The van der Waals surface area contributed by atoms with Gasteiger partial charge >= 0.3 is 0 Å². The molecule has 0 spiro atoms. The lowest BCUT2D eigenvalue weighted by molar-refractivity contribution is 0.302. The lowest BCUT2D eigenvalue weighted by Crippen LogP contribution is -2.41. The lowest BCUT2D eigenvalue weighted by atomic mass is 10.2. The van der Waals surface area contributed by atoms with Crippen LogP contribution in [0.25, 0.3) is 0 Å². The van der Waals surface area contributed by atoms with E-state index in [1.165, 1.54) is 4.88 Å². The molecule has 2 aromatic heterocycles. The second-order valence-corrected chi connectivity index (χ2v) is 8.31. The van der Waals surface area contributed by atoms with Gasteiger partial charge in [-0.1, -0.05) is 19.9 Å². The van der Waals surface area contributed by atoms with Crippen molar-refractivity contribution in [3.05, 3.63) is 38.5 Å². The summed E-state index contributed by atoms with van der Waals surface area (Å²) >= 11 is 3.47. The van der Waals surface area contributed by atoms with Gasteiger partial charge in [0.25, 0.3) is 0 Å². The minimum atomic E-state index is 0.330. The summed E-state index contributed by atoms with van der Waals surface area (Å²) in [4.78, 5) is 12.9. The Morgan fingerprint density at radius 1 is 1.28 bits per heavy atom. The number of thiazole rings is 1. The molecule has 2 aromatic rings. The zero-order chi connectivity index (χ0) is 18.2. The molecule has 0 saturated carbocycles. The Kier molecular flexibility index (Phi) is 7.87. The molecule has 1 unspecified atom stereocenters. The first-order valence-corrected chi connectivity index (χ1v) is 10.4. The van der Waals surface area contributed by atoms with E-state index in [4.69, 9.17) is 4.99 Å². The van der Waals surface area contributed by atoms with Gasteiger partial charge in [-0.05, 0) is 38.4 Å². The van der Waals surface area contributed by atoms with Crippen molar-refractivity contribution in [1.82, 2.24) is 20.5 Å². The molecule has 25 heavy (non-hydrogen) atoms. The minimum Gasteiger partial charge on any atom is -0.357 e. The van der Waals surface area contributed by atoms with Gasteiger partial charge in [-0.2, -0.15) is 0 Å². The average molecular weight is 380 g/mol. The third-order valence-corrected chi connectivity index (χ3v) is 5.66. The van der Waals surface area contributed by atoms with Crippen molar-refractivity contribution in [3.63, 3.8) is 0 Å². The van der Waals surface area contributed by atoms with Crippen LogP contribution in [-0.4, -0.2) is 43.0 Å². The number of nitrogens with zero attached hydrogens (tertiary/aromatic N) is 3. The highest BCUT2D eigenvalue weighted by Crippen LogP contribution is 2.22. The van der Waals surface area contributed by atoms with Crippen molar-refractivity contribution in [2.45, 2.75) is 39.3 Å². The highest BCUT2D eigenvalue weighted by atomic mass is 32.1. The van der Waals surface area contributed by atoms with Gasteiger partial charge in [-0.25, -0.2) is 9.98 Å². The summed E-state index contributed by atoms with van der Waals surface area (Å²) in [6.07, 6.45) is 0. The van der Waals surface area contributed by atoms with Crippen LogP contribution in [0.3, 0.4) is 0 Å². The second kappa shape index (κ2) is 9.89. The van der Waals surface area contributed by atoms with E-state index in [0.29, 0.717) is 18.5 Å². The molecule has 5 nitrogen and oxygen atoms in total. The van der Waals surface area contributed by atoms with E-state index in [-0.39, 0.29) is 0 Å². The van der Waals surface area contributed by atoms with Crippen LogP contribution < -0.4 is 10.6 Å². The Morgan fingerprint density at radius 2 is 2.08 bits per heavy atom. The molecule has 0 bridgehead atoms. The van der Waals surface area contributed by atoms with Crippen molar-refractivity contribution in [2.75, 3.05) is 27.2 Å². The van der Waals surface area contributed by atoms with Gasteiger partial charge in [0.2, 0.25) is 0 Å². The van der Waals surface area contributed by atoms with Crippen LogP contribution in [0.1, 0.15) is 48.3 Å². The molecule has 0 aromatic carbocycles. The number of likely N-dealkylation sites (N-methyl/N-ethyl adjacent to an activating group) is 1. The summed E-state index contributed by atoms with van der Waals surface area (Å²) in [6, 6.07) is 4.62. The van der Waals surface area contributed by atoms with Crippen LogP contribution >= 0.6 is 22.7 Å². The van der Waals surface area contributed by atoms with Crippen molar-refractivity contribution in [3.8, 4) is 0 Å². The highest BCUT2D eigenvalue weighted by Gasteiger charge is 2.15. The summed E-state index contributed by atoms with van der Waals surface area (Å²) in [5, 5.41) is 12.1. The number of thiophene rings is 1. The first-order valence-electron chi connectivity index (χ1n) is 8.67. The zero-order valence-electron chi connectivity index (χ0n) is 15.7. The average Bonchev–Trinajstić information content (AvgIpc) is 3.24. The largest absolute Gasteiger partial charge is 0.357 e. The maximum Gasteiger partial charge on any atom is 0.191 e. The van der Waals surface area contributed by atoms with Gasteiger partial charge in [0.1, 0.15) is 5.01 Å². The number of hydrogen-bond donors (Lipinski definition) is 2. The molecule has 7 heteroatoms. The number of rotatable bonds is 8. The molecular weight excluding hydrogens is 350 g/mol. The monoisotopic (exact) mass is 379 g/mol. The van der Waals surface area contributed by atoms with E-state index in [2.05, 4.69) is 78.3 Å². The van der Waals surface area contributed by atoms with E-state index < -0.39 is 0 Å². The van der Waals surface area contributed by atoms with E-state index in [1.807, 2.05) is 0 Å². The van der Waals surface area contributed by atoms with Crippen molar-refractivity contribution < 1.29 is 0 Å². The molecule has 2 N–H and O–H groups in total. The number of hydrogen-bond acceptors (Lipinski definition) is 5. The van der Waals surface area contributed by atoms with Gasteiger partial charge in [0.15, 0.2) is 5.96 Å². The Morgan fingerprint density at radius 3 is 2.64 bits per heavy atom. The summed E-state index contributed by atoms with van der Waals surface area (Å²) in [5.74, 6) is 1.30. The quantitative estimate of drug-likeness (QED) is 0.543. The third-order valence-electron chi connectivity index (χ3n) is 3.84. The first-order chi connectivity index (χ1) is 12.0. The molecule has 0 fully saturated rings. The lowest BCUT2D eigenvalue weighted by Gasteiger charge is -2.24. The summed E-state index contributed by atoms with van der Waals surface area (Å²) < 4.78 is 0. The number of aliphatic imine (C=N–C) groups is 1. The van der Waals surface area contributed by atoms with E-state index >= 15 is 0 Å². The molecule has 0 aliphatic heterocycles. The highest BCUT2D eigenvalue weighted by molar-refractivity contribution is 7.10. The molecule has 2 rings (SSSR count). The number of guanidine groups is 1. The smallest absolute Gasteiger partial charge is 0.191 e. The zero-order valence-corrected chi connectivity index (χ0v) is 17.4. The molecule has 1 atom stereocenters. The van der Waals surface area contributed by atoms with Crippen LogP contribution in [0.4, 0.5) is 0 Å². The predicted octanol–water partition coefficient (Wildman–Crippen LogP) is 3.69. The van der Waals surface area contributed by atoms with Crippen LogP contribution in [0, 0.1) is 0 Å². The maximum atomic E-state index is 4.70. The van der Waals surface area contributed by atoms with Crippen LogP contribution in [0.2, 0.25) is 0 Å². The second-order valence-electron chi connectivity index (χ2n) is 6.39. The van der Waals surface area contributed by atoms with Gasteiger partial charge in [-0.3, -0.25) is 0 Å². The van der Waals surface area contributed by atoms with Crippen LogP contribution in [0.15, 0.2) is 27.9 Å². The molecule has 138 valence electrons. The first kappa shape index (κ1) is 19.9. The Hall–Kier alpha value is -1.44. The predicted molar refractivity (Wildman–Crippen MR) is 110 cm³/mol. The fourth-order valence-corrected chi connectivity index (χ4v) is 4.16. The van der Waals surface area contributed by atoms with Crippen LogP contribution in [-0.2, 0) is 6.54 Å². The maximum absolute atomic E-state index is 4.70. The Balaban J connectivity index is 1.98. The molecule has 0 saturated heterocycles. The van der Waals surface area contributed by atoms with Crippen molar-refractivity contribution >= 4 is 28.6 Å². The fraction of sp³-hybridized carbons (Fsp3) is 0.556. The van der Waals surface area contributed by atoms with Gasteiger partial charge < -0.3 is 15.5 Å². The molecule has 0 radical (unpaired) electrons. The summed E-state index contributed by atoms with van der Waals surface area (Å²) in [7, 11) is 4.22. The van der Waals surface area contributed by atoms with E-state index in [0.717, 1.165) is 29.8 Å². The molecular formula is C18H29N5S2. The van der Waals surface area contributed by atoms with E-state index in [9.17, 15) is 0 Å². The Labute approximate surface area is 159 Å². The van der Waals surface area contributed by atoms with Gasteiger partial charge in [-0.15, -0.1) is 22.7 Å². The van der Waals surface area contributed by atoms with Gasteiger partial charge in [0.05, 0.1) is 18.3 Å². The molecule has 0 amide bonds. The molecule has 0 aliphatic carbocycles. The summed E-state index contributed by atoms with van der Waals surface area (Å²) in [6.45, 7) is 8.68. The number of aromatic nitrogens is 1. The topological polar surface area (TPSA) is 52.6 Å². The SMILES string of the molecule is CCNC(=NCc1nc(C(C)C)cs1)NCC(c1cccs1)N(C)C. The fourth-order valence-electron chi connectivity index (χ4n) is 2.36. The van der Waals surface area contributed by atoms with E-state index in [1.54, 1.807) is 22.7 Å². The standard InChI is InChI=1S/C18H29N5S2/c1-6-19-18(21-11-17-22-14(12-25-17)13(2)3)20-10-15(23(4)5)16-8-7-9-24-16/h7-9,12-13,15H,6,10-11H2,1-5H3,(H2,19,20,21).